The van der Waals surface area contributed by atoms with Crippen LogP contribution in [-0.4, -0.2) is 36.5 Å². The number of hydrogen-bond acceptors (Lipinski definition) is 2. The second-order valence-electron chi connectivity index (χ2n) is 5.04. The summed E-state index contributed by atoms with van der Waals surface area (Å²) < 4.78 is 0. The number of benzene rings is 1. The van der Waals surface area contributed by atoms with Gasteiger partial charge in [0.15, 0.2) is 0 Å². The van der Waals surface area contributed by atoms with E-state index in [0.717, 1.165) is 38.0 Å². The van der Waals surface area contributed by atoms with Gasteiger partial charge in [-0.1, -0.05) is 17.7 Å². The molecular formula is C15H21ClN2O. The minimum Gasteiger partial charge on any atom is -0.336 e. The topological polar surface area (TPSA) is 32.3 Å². The summed E-state index contributed by atoms with van der Waals surface area (Å²) in [7, 11) is 0. The molecule has 1 saturated heterocycles. The molecule has 0 atom stereocenters. The van der Waals surface area contributed by atoms with Crippen molar-refractivity contribution in [3.05, 3.63) is 34.3 Å². The number of amides is 1. The van der Waals surface area contributed by atoms with Crippen molar-refractivity contribution in [1.29, 1.82) is 0 Å². The van der Waals surface area contributed by atoms with Gasteiger partial charge < -0.3 is 10.2 Å². The maximum absolute atomic E-state index is 12.6. The van der Waals surface area contributed by atoms with Crippen LogP contribution in [0.3, 0.4) is 0 Å². The Hall–Kier alpha value is -1.06. The van der Waals surface area contributed by atoms with E-state index in [-0.39, 0.29) is 5.91 Å². The Kier molecular flexibility index (Phi) is 4.83. The summed E-state index contributed by atoms with van der Waals surface area (Å²) in [5, 5.41) is 3.99. The lowest BCUT2D eigenvalue weighted by Crippen LogP contribution is -2.46. The molecule has 0 aromatic heterocycles. The van der Waals surface area contributed by atoms with Crippen LogP contribution in [0.4, 0.5) is 0 Å². The van der Waals surface area contributed by atoms with Gasteiger partial charge in [0.2, 0.25) is 0 Å². The minimum atomic E-state index is 0.0938. The summed E-state index contributed by atoms with van der Waals surface area (Å²) in [6.45, 7) is 6.71. The van der Waals surface area contributed by atoms with Crippen molar-refractivity contribution in [3.63, 3.8) is 0 Å². The number of halogens is 1. The van der Waals surface area contributed by atoms with E-state index in [1.807, 2.05) is 30.9 Å². The largest absolute Gasteiger partial charge is 0.336 e. The molecule has 104 valence electrons. The molecule has 0 spiro atoms. The number of nitrogens with one attached hydrogen (secondary N) is 1. The number of carbonyl (C=O) groups is 1. The van der Waals surface area contributed by atoms with Crippen LogP contribution in [0.5, 0.6) is 0 Å². The van der Waals surface area contributed by atoms with Crippen molar-refractivity contribution in [3.8, 4) is 0 Å². The molecule has 4 heteroatoms. The van der Waals surface area contributed by atoms with E-state index in [2.05, 4.69) is 5.32 Å². The highest BCUT2D eigenvalue weighted by molar-refractivity contribution is 6.31. The molecule has 1 fully saturated rings. The standard InChI is InChI=1S/C15H21ClN2O/c1-3-18(13-6-8-17-9-7-13)15(19)12-5-4-11(2)14(16)10-12/h4-5,10,13,17H,3,6-9H2,1-2H3. The zero-order chi connectivity index (χ0) is 13.8. The Morgan fingerprint density at radius 3 is 2.68 bits per heavy atom. The molecule has 0 saturated carbocycles. The molecular weight excluding hydrogens is 260 g/mol. The molecule has 1 aromatic rings. The summed E-state index contributed by atoms with van der Waals surface area (Å²) in [5.74, 6) is 0.0938. The molecule has 1 aromatic carbocycles. The second-order valence-corrected chi connectivity index (χ2v) is 5.44. The Labute approximate surface area is 119 Å². The fourth-order valence-electron chi connectivity index (χ4n) is 2.58. The van der Waals surface area contributed by atoms with Crippen molar-refractivity contribution in [2.24, 2.45) is 0 Å². The monoisotopic (exact) mass is 280 g/mol. The zero-order valence-corrected chi connectivity index (χ0v) is 12.3. The van der Waals surface area contributed by atoms with Gasteiger partial charge >= 0.3 is 0 Å². The molecule has 0 radical (unpaired) electrons. The Bertz CT molecular complexity index is 455. The second kappa shape index (κ2) is 6.40. The summed E-state index contributed by atoms with van der Waals surface area (Å²) in [6, 6.07) is 5.90. The molecule has 1 aliphatic rings. The van der Waals surface area contributed by atoms with Gasteiger partial charge in [-0.25, -0.2) is 0 Å². The molecule has 3 nitrogen and oxygen atoms in total. The first kappa shape index (κ1) is 14.4. The van der Waals surface area contributed by atoms with Gasteiger partial charge in [0.05, 0.1) is 0 Å². The third-order valence-electron chi connectivity index (χ3n) is 3.77. The van der Waals surface area contributed by atoms with Crippen LogP contribution in [0.2, 0.25) is 5.02 Å². The van der Waals surface area contributed by atoms with E-state index in [1.54, 1.807) is 6.07 Å². The Balaban J connectivity index is 2.17. The van der Waals surface area contributed by atoms with Crippen molar-refractivity contribution in [2.45, 2.75) is 32.7 Å². The lowest BCUT2D eigenvalue weighted by Gasteiger charge is -2.34. The number of aryl methyl sites for hydroxylation is 1. The molecule has 1 amide bonds. The molecule has 0 aliphatic carbocycles. The van der Waals surface area contributed by atoms with Crippen molar-refractivity contribution in [1.82, 2.24) is 10.2 Å². The molecule has 1 N–H and O–H groups in total. The fraction of sp³-hybridized carbons (Fsp3) is 0.533. The summed E-state index contributed by atoms with van der Waals surface area (Å²) >= 11 is 6.11. The molecule has 0 bridgehead atoms. The van der Waals surface area contributed by atoms with Crippen LogP contribution in [0.25, 0.3) is 0 Å². The quantitative estimate of drug-likeness (QED) is 0.923. The van der Waals surface area contributed by atoms with E-state index in [9.17, 15) is 4.79 Å². The van der Waals surface area contributed by atoms with E-state index < -0.39 is 0 Å². The smallest absolute Gasteiger partial charge is 0.254 e. The van der Waals surface area contributed by atoms with Gasteiger partial charge in [0.1, 0.15) is 0 Å². The van der Waals surface area contributed by atoms with Gasteiger partial charge in [0, 0.05) is 23.2 Å². The highest BCUT2D eigenvalue weighted by Crippen LogP contribution is 2.20. The van der Waals surface area contributed by atoms with Gasteiger partial charge in [-0.05, 0) is 57.5 Å². The Morgan fingerprint density at radius 2 is 2.11 bits per heavy atom. The average molecular weight is 281 g/mol. The maximum atomic E-state index is 12.6. The molecule has 1 aliphatic heterocycles. The first-order valence-electron chi connectivity index (χ1n) is 6.91. The lowest BCUT2D eigenvalue weighted by molar-refractivity contribution is 0.0656. The van der Waals surface area contributed by atoms with E-state index in [1.165, 1.54) is 0 Å². The lowest BCUT2D eigenvalue weighted by atomic mass is 10.0. The fourth-order valence-corrected chi connectivity index (χ4v) is 2.76. The minimum absolute atomic E-state index is 0.0938. The van der Waals surface area contributed by atoms with Crippen LogP contribution in [0, 0.1) is 6.92 Å². The first-order chi connectivity index (χ1) is 9.13. The molecule has 1 heterocycles. The van der Waals surface area contributed by atoms with E-state index >= 15 is 0 Å². The molecule has 0 unspecified atom stereocenters. The number of hydrogen-bond donors (Lipinski definition) is 1. The van der Waals surface area contributed by atoms with Crippen molar-refractivity contribution < 1.29 is 4.79 Å². The van der Waals surface area contributed by atoms with Gasteiger partial charge in [-0.15, -0.1) is 0 Å². The summed E-state index contributed by atoms with van der Waals surface area (Å²) in [6.07, 6.45) is 2.05. The number of nitrogens with zero attached hydrogens (tertiary/aromatic N) is 1. The highest BCUT2D eigenvalue weighted by Gasteiger charge is 2.24. The van der Waals surface area contributed by atoms with Gasteiger partial charge in [-0.3, -0.25) is 4.79 Å². The van der Waals surface area contributed by atoms with Crippen LogP contribution in [0.1, 0.15) is 35.7 Å². The van der Waals surface area contributed by atoms with Crippen LogP contribution in [-0.2, 0) is 0 Å². The predicted molar refractivity (Wildman–Crippen MR) is 78.8 cm³/mol. The van der Waals surface area contributed by atoms with Crippen LogP contribution >= 0.6 is 11.6 Å². The Morgan fingerprint density at radius 1 is 1.42 bits per heavy atom. The van der Waals surface area contributed by atoms with Crippen molar-refractivity contribution in [2.75, 3.05) is 19.6 Å². The normalized spacial score (nSPS) is 16.4. The number of rotatable bonds is 3. The first-order valence-corrected chi connectivity index (χ1v) is 7.29. The van der Waals surface area contributed by atoms with E-state index in [4.69, 9.17) is 11.6 Å². The van der Waals surface area contributed by atoms with Gasteiger partial charge in [0.25, 0.3) is 5.91 Å². The third-order valence-corrected chi connectivity index (χ3v) is 4.18. The average Bonchev–Trinajstić information content (AvgIpc) is 2.44. The number of piperidine rings is 1. The SMILES string of the molecule is CCN(C(=O)c1ccc(C)c(Cl)c1)C1CCNCC1. The van der Waals surface area contributed by atoms with Crippen molar-refractivity contribution >= 4 is 17.5 Å². The maximum Gasteiger partial charge on any atom is 0.254 e. The van der Waals surface area contributed by atoms with Crippen LogP contribution in [0.15, 0.2) is 18.2 Å². The highest BCUT2D eigenvalue weighted by atomic mass is 35.5. The molecule has 19 heavy (non-hydrogen) atoms. The van der Waals surface area contributed by atoms with E-state index in [0.29, 0.717) is 16.6 Å². The third kappa shape index (κ3) is 3.28. The summed E-state index contributed by atoms with van der Waals surface area (Å²) in [5.41, 5.74) is 1.69. The zero-order valence-electron chi connectivity index (χ0n) is 11.6. The van der Waals surface area contributed by atoms with Crippen LogP contribution < -0.4 is 5.32 Å². The number of carbonyl (C=O) groups excluding carboxylic acids is 1. The predicted octanol–water partition coefficient (Wildman–Crippen LogP) is 2.86. The molecule has 2 rings (SSSR count). The van der Waals surface area contributed by atoms with Gasteiger partial charge in [-0.2, -0.15) is 0 Å². The summed E-state index contributed by atoms with van der Waals surface area (Å²) in [4.78, 5) is 14.6.